The lowest BCUT2D eigenvalue weighted by Crippen LogP contribution is -2.45. The second-order valence-corrected chi connectivity index (χ2v) is 3.46. The zero-order chi connectivity index (χ0) is 9.31. The monoisotopic (exact) mass is 183 g/mol. The molecule has 6 heteroatoms. The summed E-state index contributed by atoms with van der Waals surface area (Å²) in [5.41, 5.74) is 5.56. The summed E-state index contributed by atoms with van der Waals surface area (Å²) in [6.07, 6.45) is 3.26. The minimum atomic E-state index is -0.0810. The van der Waals surface area contributed by atoms with E-state index >= 15 is 0 Å². The highest BCUT2D eigenvalue weighted by Crippen LogP contribution is 2.39. The van der Waals surface area contributed by atoms with Crippen molar-refractivity contribution in [2.24, 2.45) is 0 Å². The molecule has 1 aromatic rings. The largest absolute Gasteiger partial charge is 0.382 e. The molecule has 6 nitrogen and oxygen atoms in total. The van der Waals surface area contributed by atoms with Crippen LogP contribution in [0.15, 0.2) is 0 Å². The Morgan fingerprint density at radius 3 is 2.77 bits per heavy atom. The van der Waals surface area contributed by atoms with Crippen LogP contribution in [0.25, 0.3) is 0 Å². The van der Waals surface area contributed by atoms with Gasteiger partial charge >= 0.3 is 0 Å². The third-order valence-electron chi connectivity index (χ3n) is 2.64. The van der Waals surface area contributed by atoms with Gasteiger partial charge in [0.25, 0.3) is 0 Å². The second kappa shape index (κ2) is 2.95. The minimum absolute atomic E-state index is 0.0810. The van der Waals surface area contributed by atoms with E-state index in [0.717, 1.165) is 12.8 Å². The van der Waals surface area contributed by atoms with E-state index in [-0.39, 0.29) is 5.54 Å². The van der Waals surface area contributed by atoms with Gasteiger partial charge in [-0.05, 0) is 29.7 Å². The summed E-state index contributed by atoms with van der Waals surface area (Å²) in [6, 6.07) is 0. The standard InChI is InChI=1S/C7H13N5O/c1-13-5-7(3-2-4-7)12-6(8)9-10-11-12/h2-5H2,1H3,(H2,8,9,11). The smallest absolute Gasteiger partial charge is 0.240 e. The summed E-state index contributed by atoms with van der Waals surface area (Å²) >= 11 is 0. The van der Waals surface area contributed by atoms with Gasteiger partial charge in [0, 0.05) is 7.11 Å². The van der Waals surface area contributed by atoms with Crippen LogP contribution in [-0.4, -0.2) is 33.9 Å². The van der Waals surface area contributed by atoms with Crippen molar-refractivity contribution >= 4 is 5.95 Å². The third-order valence-corrected chi connectivity index (χ3v) is 2.64. The fourth-order valence-electron chi connectivity index (χ4n) is 1.80. The van der Waals surface area contributed by atoms with Crippen LogP contribution in [0.1, 0.15) is 19.3 Å². The van der Waals surface area contributed by atoms with Crippen molar-refractivity contribution in [1.29, 1.82) is 0 Å². The van der Waals surface area contributed by atoms with Crippen LogP contribution in [0.3, 0.4) is 0 Å². The molecule has 0 spiro atoms. The van der Waals surface area contributed by atoms with E-state index in [1.807, 2.05) is 0 Å². The average Bonchev–Trinajstić information content (AvgIpc) is 2.44. The Balaban J connectivity index is 2.26. The maximum Gasteiger partial charge on any atom is 0.240 e. The fraction of sp³-hybridized carbons (Fsp3) is 0.857. The van der Waals surface area contributed by atoms with Gasteiger partial charge in [0.15, 0.2) is 0 Å². The Hall–Kier alpha value is -1.17. The van der Waals surface area contributed by atoms with Crippen LogP contribution in [0.2, 0.25) is 0 Å². The molecule has 1 aliphatic carbocycles. The third kappa shape index (κ3) is 1.17. The predicted octanol–water partition coefficient (Wildman–Crippen LogP) is -0.219. The first kappa shape index (κ1) is 8.43. The molecule has 1 aliphatic rings. The van der Waals surface area contributed by atoms with Crippen molar-refractivity contribution in [3.05, 3.63) is 0 Å². The number of aromatic nitrogens is 4. The van der Waals surface area contributed by atoms with Gasteiger partial charge in [0.05, 0.1) is 12.1 Å². The molecule has 1 fully saturated rings. The fourth-order valence-corrected chi connectivity index (χ4v) is 1.80. The Labute approximate surface area is 76.1 Å². The van der Waals surface area contributed by atoms with E-state index < -0.39 is 0 Å². The Morgan fingerprint density at radius 1 is 1.62 bits per heavy atom. The normalized spacial score (nSPS) is 19.8. The number of nitrogens with two attached hydrogens (primary N) is 1. The molecule has 2 rings (SSSR count). The van der Waals surface area contributed by atoms with Crippen molar-refractivity contribution in [1.82, 2.24) is 20.2 Å². The molecular formula is C7H13N5O. The number of nitrogens with zero attached hydrogens (tertiary/aromatic N) is 4. The van der Waals surface area contributed by atoms with Gasteiger partial charge in [-0.3, -0.25) is 0 Å². The summed E-state index contributed by atoms with van der Waals surface area (Å²) in [5.74, 6) is 0.372. The van der Waals surface area contributed by atoms with Gasteiger partial charge in [-0.15, -0.1) is 0 Å². The highest BCUT2D eigenvalue weighted by Gasteiger charge is 2.41. The molecule has 0 atom stereocenters. The number of hydrogen-bond acceptors (Lipinski definition) is 5. The molecule has 0 bridgehead atoms. The summed E-state index contributed by atoms with van der Waals surface area (Å²) in [7, 11) is 1.68. The van der Waals surface area contributed by atoms with Gasteiger partial charge in [0.2, 0.25) is 5.95 Å². The van der Waals surface area contributed by atoms with Crippen molar-refractivity contribution in [2.75, 3.05) is 19.5 Å². The van der Waals surface area contributed by atoms with E-state index in [1.165, 1.54) is 6.42 Å². The second-order valence-electron chi connectivity index (χ2n) is 3.46. The molecule has 13 heavy (non-hydrogen) atoms. The van der Waals surface area contributed by atoms with Crippen molar-refractivity contribution in [2.45, 2.75) is 24.8 Å². The van der Waals surface area contributed by atoms with E-state index in [4.69, 9.17) is 10.5 Å². The molecule has 0 amide bonds. The van der Waals surface area contributed by atoms with Crippen LogP contribution >= 0.6 is 0 Å². The molecule has 0 radical (unpaired) electrons. The summed E-state index contributed by atoms with van der Waals surface area (Å²) in [5, 5.41) is 11.1. The first-order valence-corrected chi connectivity index (χ1v) is 4.32. The van der Waals surface area contributed by atoms with Crippen LogP contribution < -0.4 is 5.73 Å². The number of hydrogen-bond donors (Lipinski definition) is 1. The van der Waals surface area contributed by atoms with Gasteiger partial charge < -0.3 is 10.5 Å². The first-order chi connectivity index (χ1) is 6.28. The number of ether oxygens (including phenoxy) is 1. The first-order valence-electron chi connectivity index (χ1n) is 4.32. The van der Waals surface area contributed by atoms with E-state index in [0.29, 0.717) is 12.6 Å². The molecule has 1 aromatic heterocycles. The summed E-state index contributed by atoms with van der Waals surface area (Å²) in [6.45, 7) is 0.627. The zero-order valence-electron chi connectivity index (χ0n) is 7.60. The molecule has 72 valence electrons. The maximum absolute atomic E-state index is 5.64. The Kier molecular flexibility index (Phi) is 1.91. The van der Waals surface area contributed by atoms with Crippen molar-refractivity contribution < 1.29 is 4.74 Å². The molecule has 1 heterocycles. The van der Waals surface area contributed by atoms with Crippen LogP contribution in [0.5, 0.6) is 0 Å². The van der Waals surface area contributed by atoms with Crippen molar-refractivity contribution in [3.8, 4) is 0 Å². The quantitative estimate of drug-likeness (QED) is 0.700. The topological polar surface area (TPSA) is 78.8 Å². The molecule has 0 saturated heterocycles. The zero-order valence-corrected chi connectivity index (χ0v) is 7.60. The van der Waals surface area contributed by atoms with Crippen LogP contribution in [-0.2, 0) is 10.3 Å². The molecule has 0 unspecified atom stereocenters. The average molecular weight is 183 g/mol. The Bertz CT molecular complexity index is 293. The van der Waals surface area contributed by atoms with E-state index in [2.05, 4.69) is 15.5 Å². The van der Waals surface area contributed by atoms with Gasteiger partial charge in [-0.2, -0.15) is 0 Å². The number of tetrazole rings is 1. The SMILES string of the molecule is COCC1(n2nnnc2N)CCC1. The summed E-state index contributed by atoms with van der Waals surface area (Å²) < 4.78 is 6.84. The lowest BCUT2D eigenvalue weighted by atomic mass is 9.77. The lowest BCUT2D eigenvalue weighted by Gasteiger charge is -2.40. The summed E-state index contributed by atoms with van der Waals surface area (Å²) in [4.78, 5) is 0. The van der Waals surface area contributed by atoms with E-state index in [1.54, 1.807) is 11.8 Å². The molecule has 2 N–H and O–H groups in total. The van der Waals surface area contributed by atoms with Crippen molar-refractivity contribution in [3.63, 3.8) is 0 Å². The number of anilines is 1. The highest BCUT2D eigenvalue weighted by atomic mass is 16.5. The molecule has 1 saturated carbocycles. The predicted molar refractivity (Wildman–Crippen MR) is 45.9 cm³/mol. The van der Waals surface area contributed by atoms with E-state index in [9.17, 15) is 0 Å². The molecular weight excluding hydrogens is 170 g/mol. The minimum Gasteiger partial charge on any atom is -0.382 e. The number of methoxy groups -OCH3 is 1. The van der Waals surface area contributed by atoms with Crippen LogP contribution in [0, 0.1) is 0 Å². The van der Waals surface area contributed by atoms with Gasteiger partial charge in [0.1, 0.15) is 0 Å². The Morgan fingerprint density at radius 2 is 2.38 bits per heavy atom. The maximum atomic E-state index is 5.64. The number of rotatable bonds is 3. The highest BCUT2D eigenvalue weighted by molar-refractivity contribution is 5.15. The van der Waals surface area contributed by atoms with Gasteiger partial charge in [-0.25, -0.2) is 4.68 Å². The van der Waals surface area contributed by atoms with Crippen LogP contribution in [0.4, 0.5) is 5.95 Å². The lowest BCUT2D eigenvalue weighted by molar-refractivity contribution is 0.0184. The molecule has 0 aliphatic heterocycles. The molecule has 0 aromatic carbocycles. The number of nitrogen functional groups attached to an aromatic ring is 1. The van der Waals surface area contributed by atoms with Gasteiger partial charge in [-0.1, -0.05) is 5.10 Å².